The first-order valence-electron chi connectivity index (χ1n) is 5.70. The van der Waals surface area contributed by atoms with Crippen molar-refractivity contribution in [3.8, 4) is 11.3 Å². The van der Waals surface area contributed by atoms with E-state index in [1.807, 2.05) is 25.1 Å². The first-order chi connectivity index (χ1) is 9.06. The predicted molar refractivity (Wildman–Crippen MR) is 67.9 cm³/mol. The molecule has 3 rings (SSSR count). The van der Waals surface area contributed by atoms with E-state index in [4.69, 9.17) is 9.63 Å². The number of carboxylic acids is 1. The molecule has 0 aliphatic carbocycles. The molecule has 0 bridgehead atoms. The van der Waals surface area contributed by atoms with Gasteiger partial charge in [0.1, 0.15) is 0 Å². The normalized spacial score (nSPS) is 11.1. The van der Waals surface area contributed by atoms with Crippen LogP contribution < -0.4 is 0 Å². The number of rotatable bonds is 2. The van der Waals surface area contributed by atoms with E-state index >= 15 is 0 Å². The van der Waals surface area contributed by atoms with Crippen LogP contribution in [0.2, 0.25) is 0 Å². The number of hydrogen-bond acceptors (Lipinski definition) is 4. The van der Waals surface area contributed by atoms with Crippen molar-refractivity contribution in [1.29, 1.82) is 0 Å². The maximum atomic E-state index is 10.9. The van der Waals surface area contributed by atoms with E-state index in [1.54, 1.807) is 7.05 Å². The van der Waals surface area contributed by atoms with Crippen LogP contribution >= 0.6 is 0 Å². The molecule has 0 spiro atoms. The molecule has 2 heterocycles. The fourth-order valence-electron chi connectivity index (χ4n) is 2.06. The minimum Gasteiger partial charge on any atom is -0.476 e. The second kappa shape index (κ2) is 3.94. The van der Waals surface area contributed by atoms with Gasteiger partial charge in [-0.1, -0.05) is 11.2 Å². The lowest BCUT2D eigenvalue weighted by atomic mass is 10.1. The molecule has 0 aliphatic heterocycles. The zero-order valence-electron chi connectivity index (χ0n) is 10.4. The smallest absolute Gasteiger partial charge is 0.356 e. The van der Waals surface area contributed by atoms with Gasteiger partial charge in [-0.05, 0) is 25.1 Å². The summed E-state index contributed by atoms with van der Waals surface area (Å²) in [5.41, 5.74) is 3.08. The molecule has 19 heavy (non-hydrogen) atoms. The average Bonchev–Trinajstić information content (AvgIpc) is 2.93. The van der Waals surface area contributed by atoms with Gasteiger partial charge in [0.25, 0.3) is 0 Å². The summed E-state index contributed by atoms with van der Waals surface area (Å²) in [4.78, 5) is 10.9. The first-order valence-corrected chi connectivity index (χ1v) is 5.70. The summed E-state index contributed by atoms with van der Waals surface area (Å²) in [5.74, 6) is -1.04. The van der Waals surface area contributed by atoms with Gasteiger partial charge in [-0.15, -0.1) is 0 Å². The highest BCUT2D eigenvalue weighted by molar-refractivity contribution is 5.88. The minimum absolute atomic E-state index is 0.0198. The maximum Gasteiger partial charge on any atom is 0.356 e. The van der Waals surface area contributed by atoms with Gasteiger partial charge in [-0.2, -0.15) is 5.10 Å². The van der Waals surface area contributed by atoms with E-state index in [1.165, 1.54) is 10.7 Å². The summed E-state index contributed by atoms with van der Waals surface area (Å²) in [6, 6.07) is 7.17. The highest BCUT2D eigenvalue weighted by atomic mass is 16.5. The summed E-state index contributed by atoms with van der Waals surface area (Å²) in [6.07, 6.45) is 0. The summed E-state index contributed by atoms with van der Waals surface area (Å²) < 4.78 is 6.74. The Morgan fingerprint density at radius 1 is 1.37 bits per heavy atom. The van der Waals surface area contributed by atoms with E-state index in [2.05, 4.69) is 10.3 Å². The van der Waals surface area contributed by atoms with E-state index in [-0.39, 0.29) is 5.69 Å². The van der Waals surface area contributed by atoms with Crippen LogP contribution in [0.1, 0.15) is 16.2 Å². The van der Waals surface area contributed by atoms with Gasteiger partial charge < -0.3 is 9.63 Å². The molecular formula is C13H11N3O3. The van der Waals surface area contributed by atoms with Crippen molar-refractivity contribution < 1.29 is 14.4 Å². The minimum atomic E-state index is -1.04. The summed E-state index contributed by atoms with van der Waals surface area (Å²) >= 11 is 0. The largest absolute Gasteiger partial charge is 0.476 e. The van der Waals surface area contributed by atoms with Crippen LogP contribution in [-0.2, 0) is 7.05 Å². The fourth-order valence-corrected chi connectivity index (χ4v) is 2.06. The molecule has 6 heteroatoms. The SMILES string of the molecule is Cc1noc2cc(-c3cc(C(=O)O)nn3C)ccc12. The Balaban J connectivity index is 2.15. The number of aromatic nitrogens is 3. The fraction of sp³-hybridized carbons (Fsp3) is 0.154. The van der Waals surface area contributed by atoms with Crippen molar-refractivity contribution in [2.45, 2.75) is 6.92 Å². The monoisotopic (exact) mass is 257 g/mol. The van der Waals surface area contributed by atoms with E-state index in [0.717, 1.165) is 16.6 Å². The van der Waals surface area contributed by atoms with E-state index in [0.29, 0.717) is 11.3 Å². The van der Waals surface area contributed by atoms with Crippen LogP contribution in [-0.4, -0.2) is 26.0 Å². The second-order valence-electron chi connectivity index (χ2n) is 4.32. The van der Waals surface area contributed by atoms with Gasteiger partial charge in [0.2, 0.25) is 0 Å². The predicted octanol–water partition coefficient (Wildman–Crippen LogP) is 2.23. The first kappa shape index (κ1) is 11.5. The van der Waals surface area contributed by atoms with Crippen molar-refractivity contribution in [1.82, 2.24) is 14.9 Å². The number of aryl methyl sites for hydroxylation is 2. The van der Waals surface area contributed by atoms with Crippen LogP contribution in [0.25, 0.3) is 22.2 Å². The third kappa shape index (κ3) is 1.77. The van der Waals surface area contributed by atoms with Crippen molar-refractivity contribution in [3.05, 3.63) is 35.7 Å². The quantitative estimate of drug-likeness (QED) is 0.761. The molecule has 0 saturated heterocycles. The van der Waals surface area contributed by atoms with E-state index in [9.17, 15) is 4.79 Å². The molecule has 1 aromatic carbocycles. The third-order valence-corrected chi connectivity index (χ3v) is 3.05. The van der Waals surface area contributed by atoms with Gasteiger partial charge in [-0.3, -0.25) is 4.68 Å². The highest BCUT2D eigenvalue weighted by Gasteiger charge is 2.14. The Kier molecular flexibility index (Phi) is 2.38. The van der Waals surface area contributed by atoms with Crippen molar-refractivity contribution in [2.24, 2.45) is 7.05 Å². The Hall–Kier alpha value is -2.63. The number of fused-ring (bicyclic) bond motifs is 1. The lowest BCUT2D eigenvalue weighted by Crippen LogP contribution is -1.99. The average molecular weight is 257 g/mol. The topological polar surface area (TPSA) is 81.2 Å². The molecule has 1 N–H and O–H groups in total. The maximum absolute atomic E-state index is 10.9. The van der Waals surface area contributed by atoms with Crippen molar-refractivity contribution in [3.63, 3.8) is 0 Å². The standard InChI is InChI=1S/C13H11N3O3/c1-7-9-4-3-8(5-12(9)19-15-7)11-6-10(13(17)18)14-16(11)2/h3-6H,1-2H3,(H,17,18). The van der Waals surface area contributed by atoms with Gasteiger partial charge in [0.15, 0.2) is 11.3 Å². The Morgan fingerprint density at radius 3 is 2.84 bits per heavy atom. The lowest BCUT2D eigenvalue weighted by Gasteiger charge is -2.00. The third-order valence-electron chi connectivity index (χ3n) is 3.05. The molecular weight excluding hydrogens is 246 g/mol. The van der Waals surface area contributed by atoms with Gasteiger partial charge in [0.05, 0.1) is 11.4 Å². The number of nitrogens with zero attached hydrogens (tertiary/aromatic N) is 3. The molecule has 6 nitrogen and oxygen atoms in total. The van der Waals surface area contributed by atoms with Gasteiger partial charge in [0, 0.05) is 18.0 Å². The van der Waals surface area contributed by atoms with Gasteiger partial charge in [-0.25, -0.2) is 4.79 Å². The Bertz CT molecular complexity index is 786. The Morgan fingerprint density at radius 2 is 2.16 bits per heavy atom. The lowest BCUT2D eigenvalue weighted by molar-refractivity contribution is 0.0689. The number of carboxylic acid groups (broad SMARTS) is 1. The number of aromatic carboxylic acids is 1. The van der Waals surface area contributed by atoms with Gasteiger partial charge >= 0.3 is 5.97 Å². The number of benzene rings is 1. The van der Waals surface area contributed by atoms with Crippen LogP contribution in [0.5, 0.6) is 0 Å². The zero-order chi connectivity index (χ0) is 13.6. The number of hydrogen-bond donors (Lipinski definition) is 1. The van der Waals surface area contributed by atoms with Crippen LogP contribution in [0.4, 0.5) is 0 Å². The molecule has 0 aliphatic rings. The highest BCUT2D eigenvalue weighted by Crippen LogP contribution is 2.26. The van der Waals surface area contributed by atoms with Crippen LogP contribution in [0.15, 0.2) is 28.8 Å². The summed E-state index contributed by atoms with van der Waals surface area (Å²) in [5, 5.41) is 17.7. The van der Waals surface area contributed by atoms with Crippen LogP contribution in [0, 0.1) is 6.92 Å². The molecule has 0 fully saturated rings. The Labute approximate surface area is 108 Å². The second-order valence-corrected chi connectivity index (χ2v) is 4.32. The van der Waals surface area contributed by atoms with Crippen molar-refractivity contribution >= 4 is 16.9 Å². The molecule has 0 amide bonds. The zero-order valence-corrected chi connectivity index (χ0v) is 10.4. The molecule has 3 aromatic rings. The molecule has 0 atom stereocenters. The molecule has 2 aromatic heterocycles. The van der Waals surface area contributed by atoms with Crippen LogP contribution in [0.3, 0.4) is 0 Å². The summed E-state index contributed by atoms with van der Waals surface area (Å²) in [7, 11) is 1.71. The molecule has 0 radical (unpaired) electrons. The molecule has 0 unspecified atom stereocenters. The molecule has 96 valence electrons. The number of carbonyl (C=O) groups is 1. The molecule has 0 saturated carbocycles. The van der Waals surface area contributed by atoms with E-state index < -0.39 is 5.97 Å². The van der Waals surface area contributed by atoms with Crippen molar-refractivity contribution in [2.75, 3.05) is 0 Å². The summed E-state index contributed by atoms with van der Waals surface area (Å²) in [6.45, 7) is 1.87.